The molecule has 94 valence electrons. The van der Waals surface area contributed by atoms with Gasteiger partial charge in [0.25, 0.3) is 0 Å². The molecule has 0 spiro atoms. The average Bonchev–Trinajstić information content (AvgIpc) is 2.83. The normalized spacial score (nSPS) is 10.3. The van der Waals surface area contributed by atoms with Crippen LogP contribution in [0.15, 0.2) is 39.4 Å². The summed E-state index contributed by atoms with van der Waals surface area (Å²) in [4.78, 5) is 10.8. The Hall–Kier alpha value is -1.82. The summed E-state index contributed by atoms with van der Waals surface area (Å²) in [6, 6.07) is 5.93. The lowest BCUT2D eigenvalue weighted by Gasteiger charge is -2.08. The van der Waals surface area contributed by atoms with Crippen LogP contribution >= 0.6 is 15.9 Å². The molecule has 0 amide bonds. The van der Waals surface area contributed by atoms with Crippen molar-refractivity contribution >= 4 is 21.9 Å². The number of carbonyl (C=O) groups is 1. The van der Waals surface area contributed by atoms with E-state index in [0.29, 0.717) is 5.76 Å². The topological polar surface area (TPSA) is 59.7 Å². The summed E-state index contributed by atoms with van der Waals surface area (Å²) in [5.41, 5.74) is -0.155. The standard InChI is InChI=1S/C12H8BrFO4/c13-10-8(12(15)16)3-4-9(11(10)14)18-6-7-2-1-5-17-7/h1-5H,6H2,(H,15,16). The van der Waals surface area contributed by atoms with Gasteiger partial charge in [0.2, 0.25) is 0 Å². The molecule has 0 atom stereocenters. The Morgan fingerprint density at radius 1 is 1.44 bits per heavy atom. The van der Waals surface area contributed by atoms with E-state index in [1.165, 1.54) is 18.4 Å². The molecule has 0 fully saturated rings. The van der Waals surface area contributed by atoms with E-state index in [4.69, 9.17) is 14.3 Å². The highest BCUT2D eigenvalue weighted by Crippen LogP contribution is 2.29. The number of carboxylic acids is 1. The van der Waals surface area contributed by atoms with Gasteiger partial charge < -0.3 is 14.3 Å². The van der Waals surface area contributed by atoms with Gasteiger partial charge in [-0.1, -0.05) is 0 Å². The number of furan rings is 1. The Bertz CT molecular complexity index is 566. The highest BCUT2D eigenvalue weighted by Gasteiger charge is 2.16. The zero-order valence-corrected chi connectivity index (χ0v) is 10.6. The Labute approximate surface area is 110 Å². The average molecular weight is 315 g/mol. The molecule has 0 radical (unpaired) electrons. The van der Waals surface area contributed by atoms with Crippen LogP contribution in [0.3, 0.4) is 0 Å². The number of halogens is 2. The molecule has 1 aromatic carbocycles. The number of benzene rings is 1. The molecular formula is C12H8BrFO4. The summed E-state index contributed by atoms with van der Waals surface area (Å²) in [7, 11) is 0. The van der Waals surface area contributed by atoms with Gasteiger partial charge in [0.05, 0.1) is 16.3 Å². The van der Waals surface area contributed by atoms with Crippen LogP contribution < -0.4 is 4.74 Å². The third kappa shape index (κ3) is 2.53. The zero-order valence-electron chi connectivity index (χ0n) is 9.02. The molecule has 2 aromatic rings. The third-order valence-corrected chi connectivity index (χ3v) is 3.00. The van der Waals surface area contributed by atoms with Crippen LogP contribution in [0.25, 0.3) is 0 Å². The van der Waals surface area contributed by atoms with Crippen molar-refractivity contribution in [3.8, 4) is 5.75 Å². The maximum Gasteiger partial charge on any atom is 0.336 e. The summed E-state index contributed by atoms with van der Waals surface area (Å²) in [6.07, 6.45) is 1.48. The lowest BCUT2D eigenvalue weighted by molar-refractivity contribution is 0.0695. The van der Waals surface area contributed by atoms with Crippen molar-refractivity contribution in [3.05, 3.63) is 52.1 Å². The van der Waals surface area contributed by atoms with Crippen molar-refractivity contribution < 1.29 is 23.4 Å². The largest absolute Gasteiger partial charge is 0.483 e. The van der Waals surface area contributed by atoms with Gasteiger partial charge in [-0.2, -0.15) is 0 Å². The van der Waals surface area contributed by atoms with E-state index in [-0.39, 0.29) is 22.4 Å². The number of ether oxygens (including phenoxy) is 1. The molecule has 18 heavy (non-hydrogen) atoms. The van der Waals surface area contributed by atoms with E-state index >= 15 is 0 Å². The molecule has 4 nitrogen and oxygen atoms in total. The minimum Gasteiger partial charge on any atom is -0.483 e. The fraction of sp³-hybridized carbons (Fsp3) is 0.0833. The van der Waals surface area contributed by atoms with Gasteiger partial charge in [0.15, 0.2) is 11.6 Å². The van der Waals surface area contributed by atoms with Crippen LogP contribution in [0.5, 0.6) is 5.75 Å². The van der Waals surface area contributed by atoms with Crippen LogP contribution in [0.2, 0.25) is 0 Å². The van der Waals surface area contributed by atoms with Gasteiger partial charge in [-0.05, 0) is 40.2 Å². The number of aromatic carboxylic acids is 1. The summed E-state index contributed by atoms with van der Waals surface area (Å²) >= 11 is 2.89. The molecule has 0 aliphatic carbocycles. The molecule has 6 heteroatoms. The maximum atomic E-state index is 13.8. The van der Waals surface area contributed by atoms with Gasteiger partial charge in [-0.25, -0.2) is 9.18 Å². The number of carboxylic acid groups (broad SMARTS) is 1. The highest BCUT2D eigenvalue weighted by molar-refractivity contribution is 9.10. The molecule has 0 bridgehead atoms. The van der Waals surface area contributed by atoms with E-state index in [1.54, 1.807) is 12.1 Å². The van der Waals surface area contributed by atoms with Crippen molar-refractivity contribution in [2.75, 3.05) is 0 Å². The quantitative estimate of drug-likeness (QED) is 0.939. The number of hydrogen-bond donors (Lipinski definition) is 1. The van der Waals surface area contributed by atoms with Crippen molar-refractivity contribution in [2.24, 2.45) is 0 Å². The molecule has 1 aromatic heterocycles. The molecule has 1 heterocycles. The minimum atomic E-state index is -1.21. The van der Waals surface area contributed by atoms with Gasteiger partial charge in [-0.15, -0.1) is 0 Å². The second-order valence-corrected chi connectivity index (χ2v) is 4.21. The summed E-state index contributed by atoms with van der Waals surface area (Å²) in [5, 5.41) is 8.81. The van der Waals surface area contributed by atoms with Crippen molar-refractivity contribution in [3.63, 3.8) is 0 Å². The summed E-state index contributed by atoms with van der Waals surface area (Å²) in [6.45, 7) is 0.0722. The van der Waals surface area contributed by atoms with Gasteiger partial charge in [0.1, 0.15) is 12.4 Å². The predicted molar refractivity (Wildman–Crippen MR) is 64.1 cm³/mol. The SMILES string of the molecule is O=C(O)c1ccc(OCc2ccco2)c(F)c1Br. The number of hydrogen-bond acceptors (Lipinski definition) is 3. The van der Waals surface area contributed by atoms with Crippen molar-refractivity contribution in [1.82, 2.24) is 0 Å². The molecule has 2 rings (SSSR count). The minimum absolute atomic E-state index is 0.0386. The Morgan fingerprint density at radius 3 is 2.83 bits per heavy atom. The molecular weight excluding hydrogens is 307 g/mol. The Morgan fingerprint density at radius 2 is 2.22 bits per heavy atom. The first-order chi connectivity index (χ1) is 8.59. The number of rotatable bonds is 4. The molecule has 0 saturated carbocycles. The predicted octanol–water partition coefficient (Wildman–Crippen LogP) is 3.46. The first-order valence-electron chi connectivity index (χ1n) is 4.96. The van der Waals surface area contributed by atoms with Crippen molar-refractivity contribution in [2.45, 2.75) is 6.61 Å². The van der Waals surface area contributed by atoms with E-state index in [2.05, 4.69) is 15.9 Å². The van der Waals surface area contributed by atoms with Crippen molar-refractivity contribution in [1.29, 1.82) is 0 Å². The second-order valence-electron chi connectivity index (χ2n) is 3.41. The highest BCUT2D eigenvalue weighted by atomic mass is 79.9. The van der Waals surface area contributed by atoms with Gasteiger partial charge in [0, 0.05) is 0 Å². The van der Waals surface area contributed by atoms with Gasteiger partial charge >= 0.3 is 5.97 Å². The van der Waals surface area contributed by atoms with E-state index < -0.39 is 11.8 Å². The summed E-state index contributed by atoms with van der Waals surface area (Å²) < 4.78 is 23.9. The second kappa shape index (κ2) is 5.22. The van der Waals surface area contributed by atoms with Crippen LogP contribution in [-0.2, 0) is 6.61 Å². The first-order valence-corrected chi connectivity index (χ1v) is 5.75. The zero-order chi connectivity index (χ0) is 13.1. The Kier molecular flexibility index (Phi) is 3.66. The van der Waals surface area contributed by atoms with Gasteiger partial charge in [-0.3, -0.25) is 0 Å². The lowest BCUT2D eigenvalue weighted by atomic mass is 10.2. The molecule has 0 aliphatic heterocycles. The first kappa shape index (κ1) is 12.6. The maximum absolute atomic E-state index is 13.8. The molecule has 0 unspecified atom stereocenters. The fourth-order valence-electron chi connectivity index (χ4n) is 1.35. The van der Waals surface area contributed by atoms with E-state index in [1.807, 2.05) is 0 Å². The smallest absolute Gasteiger partial charge is 0.336 e. The van der Waals surface area contributed by atoms with E-state index in [9.17, 15) is 9.18 Å². The van der Waals surface area contributed by atoms with E-state index in [0.717, 1.165) is 0 Å². The monoisotopic (exact) mass is 314 g/mol. The van der Waals surface area contributed by atoms with Crippen LogP contribution in [-0.4, -0.2) is 11.1 Å². The fourth-order valence-corrected chi connectivity index (χ4v) is 1.85. The lowest BCUT2D eigenvalue weighted by Crippen LogP contribution is -2.02. The molecule has 0 saturated heterocycles. The van der Waals surface area contributed by atoms with Crippen LogP contribution in [0, 0.1) is 5.82 Å². The molecule has 1 N–H and O–H groups in total. The third-order valence-electron chi connectivity index (χ3n) is 2.23. The van der Waals surface area contributed by atoms with Crippen LogP contribution in [0.4, 0.5) is 4.39 Å². The van der Waals surface area contributed by atoms with Crippen LogP contribution in [0.1, 0.15) is 16.1 Å². The Balaban J connectivity index is 2.19. The molecule has 0 aliphatic rings. The summed E-state index contributed by atoms with van der Waals surface area (Å²) in [5.74, 6) is -1.45.